The summed E-state index contributed by atoms with van der Waals surface area (Å²) in [6, 6.07) is 10.3. The highest BCUT2D eigenvalue weighted by atomic mass is 32.2. The monoisotopic (exact) mass is 431 g/mol. The number of hydrogen-bond acceptors (Lipinski definition) is 4. The zero-order chi connectivity index (χ0) is 22.6. The van der Waals surface area contributed by atoms with E-state index in [1.807, 2.05) is 19.1 Å². The van der Waals surface area contributed by atoms with Crippen LogP contribution in [-0.4, -0.2) is 57.7 Å². The molecule has 2 aromatic rings. The lowest BCUT2D eigenvalue weighted by Gasteiger charge is -2.22. The van der Waals surface area contributed by atoms with Crippen LogP contribution in [0.3, 0.4) is 0 Å². The van der Waals surface area contributed by atoms with Crippen molar-refractivity contribution >= 4 is 21.8 Å². The first-order valence-corrected chi connectivity index (χ1v) is 11.1. The van der Waals surface area contributed by atoms with Crippen LogP contribution in [0.25, 0.3) is 0 Å². The first kappa shape index (κ1) is 23.6. The van der Waals surface area contributed by atoms with Gasteiger partial charge in [0.1, 0.15) is 0 Å². The van der Waals surface area contributed by atoms with Crippen molar-refractivity contribution in [2.24, 2.45) is 0 Å². The van der Waals surface area contributed by atoms with Gasteiger partial charge in [-0.25, -0.2) is 13.1 Å². The highest BCUT2D eigenvalue weighted by molar-refractivity contribution is 7.89. The van der Waals surface area contributed by atoms with Crippen LogP contribution in [0.2, 0.25) is 0 Å². The van der Waals surface area contributed by atoms with Crippen molar-refractivity contribution in [1.29, 1.82) is 0 Å². The van der Waals surface area contributed by atoms with Crippen molar-refractivity contribution < 1.29 is 18.0 Å². The third-order valence-electron chi connectivity index (χ3n) is 5.07. The molecule has 162 valence electrons. The molecule has 2 aromatic carbocycles. The Kier molecular flexibility index (Phi) is 7.39. The Morgan fingerprint density at radius 1 is 0.967 bits per heavy atom. The van der Waals surface area contributed by atoms with Crippen molar-refractivity contribution in [2.75, 3.05) is 27.7 Å². The molecule has 0 heterocycles. The smallest absolute Gasteiger partial charge is 0.254 e. The summed E-state index contributed by atoms with van der Waals surface area (Å²) in [6.45, 7) is 6.19. The summed E-state index contributed by atoms with van der Waals surface area (Å²) in [7, 11) is 1.06. The van der Waals surface area contributed by atoms with E-state index in [1.54, 1.807) is 51.0 Å². The fraction of sp³-hybridized carbons (Fsp3) is 0.364. The Morgan fingerprint density at radius 2 is 1.57 bits per heavy atom. The van der Waals surface area contributed by atoms with Gasteiger partial charge in [0.05, 0.1) is 4.90 Å². The van der Waals surface area contributed by atoms with Crippen LogP contribution in [-0.2, 0) is 16.6 Å². The van der Waals surface area contributed by atoms with Gasteiger partial charge in [-0.1, -0.05) is 12.1 Å². The van der Waals surface area contributed by atoms with Crippen LogP contribution in [0.4, 0.5) is 0 Å². The Balaban J connectivity index is 2.32. The maximum atomic E-state index is 13.1. The molecule has 0 radical (unpaired) electrons. The van der Waals surface area contributed by atoms with Crippen molar-refractivity contribution in [3.8, 4) is 0 Å². The Labute approximate surface area is 178 Å². The van der Waals surface area contributed by atoms with Crippen LogP contribution in [0.15, 0.2) is 41.3 Å². The number of sulfonamides is 1. The topological polar surface area (TPSA) is 86.8 Å². The number of hydrogen-bond donors (Lipinski definition) is 1. The molecule has 0 saturated carbocycles. The molecule has 2 amide bonds. The predicted molar refractivity (Wildman–Crippen MR) is 117 cm³/mol. The van der Waals surface area contributed by atoms with Crippen molar-refractivity contribution in [3.63, 3.8) is 0 Å². The third kappa shape index (κ3) is 5.06. The molecule has 0 aliphatic rings. The normalized spacial score (nSPS) is 11.3. The van der Waals surface area contributed by atoms with Crippen molar-refractivity contribution in [2.45, 2.75) is 32.2 Å². The summed E-state index contributed by atoms with van der Waals surface area (Å²) in [4.78, 5) is 28.4. The minimum Gasteiger partial charge on any atom is -0.345 e. The van der Waals surface area contributed by atoms with Gasteiger partial charge in [0.2, 0.25) is 10.0 Å². The molecule has 0 saturated heterocycles. The van der Waals surface area contributed by atoms with E-state index in [0.29, 0.717) is 29.8 Å². The Hall–Kier alpha value is -2.71. The van der Waals surface area contributed by atoms with Gasteiger partial charge < -0.3 is 9.80 Å². The van der Waals surface area contributed by atoms with Gasteiger partial charge in [-0.05, 0) is 68.8 Å². The molecule has 7 nitrogen and oxygen atoms in total. The quantitative estimate of drug-likeness (QED) is 0.730. The maximum absolute atomic E-state index is 13.1. The summed E-state index contributed by atoms with van der Waals surface area (Å²) in [5, 5.41) is 0. The fourth-order valence-electron chi connectivity index (χ4n) is 3.08. The zero-order valence-corrected chi connectivity index (χ0v) is 19.1. The first-order valence-electron chi connectivity index (χ1n) is 9.66. The van der Waals surface area contributed by atoms with Crippen LogP contribution in [0, 0.1) is 13.8 Å². The standard InChI is InChI=1S/C22H29N3O4S/c1-7-25(14-17-8-10-18(11-9-17)21(26)24(5)6)22(27)19-12-15(2)16(3)20(13-19)30(28,29)23-4/h8-13,23H,7,14H2,1-6H3. The lowest BCUT2D eigenvalue weighted by Crippen LogP contribution is -2.31. The molecule has 0 bridgehead atoms. The van der Waals surface area contributed by atoms with E-state index in [1.165, 1.54) is 18.0 Å². The Morgan fingerprint density at radius 3 is 2.07 bits per heavy atom. The van der Waals surface area contributed by atoms with Gasteiger partial charge in [0.15, 0.2) is 0 Å². The molecule has 0 aliphatic carbocycles. The average Bonchev–Trinajstić information content (AvgIpc) is 2.72. The van der Waals surface area contributed by atoms with E-state index in [-0.39, 0.29) is 16.7 Å². The van der Waals surface area contributed by atoms with Crippen molar-refractivity contribution in [1.82, 2.24) is 14.5 Å². The molecule has 0 aliphatic heterocycles. The predicted octanol–water partition coefficient (Wildman–Crippen LogP) is 2.58. The second-order valence-corrected chi connectivity index (χ2v) is 9.19. The number of nitrogens with zero attached hydrogens (tertiary/aromatic N) is 2. The lowest BCUT2D eigenvalue weighted by atomic mass is 10.0. The second kappa shape index (κ2) is 9.40. The number of carbonyl (C=O) groups is 2. The molecular formula is C22H29N3O4S. The molecular weight excluding hydrogens is 402 g/mol. The van der Waals surface area contributed by atoms with Crippen LogP contribution >= 0.6 is 0 Å². The van der Waals surface area contributed by atoms with Gasteiger partial charge in [-0.15, -0.1) is 0 Å². The van der Waals surface area contributed by atoms with Gasteiger partial charge in [-0.2, -0.15) is 0 Å². The number of nitrogens with one attached hydrogen (secondary N) is 1. The molecule has 2 rings (SSSR count). The van der Waals surface area contributed by atoms with Gasteiger partial charge in [0, 0.05) is 38.3 Å². The summed E-state index contributed by atoms with van der Waals surface area (Å²) >= 11 is 0. The summed E-state index contributed by atoms with van der Waals surface area (Å²) in [5.74, 6) is -0.333. The van der Waals surface area contributed by atoms with E-state index in [9.17, 15) is 18.0 Å². The van der Waals surface area contributed by atoms with Crippen molar-refractivity contribution in [3.05, 3.63) is 64.2 Å². The number of benzene rings is 2. The molecule has 0 fully saturated rings. The number of carbonyl (C=O) groups excluding carboxylic acids is 2. The lowest BCUT2D eigenvalue weighted by molar-refractivity contribution is 0.0751. The van der Waals surface area contributed by atoms with Crippen LogP contribution in [0.1, 0.15) is 44.3 Å². The third-order valence-corrected chi connectivity index (χ3v) is 6.61. The minimum absolute atomic E-state index is 0.0848. The van der Waals surface area contributed by atoms with E-state index < -0.39 is 10.0 Å². The van der Waals surface area contributed by atoms with E-state index in [0.717, 1.165) is 11.1 Å². The highest BCUT2D eigenvalue weighted by Crippen LogP contribution is 2.22. The number of rotatable bonds is 7. The second-order valence-electron chi connectivity index (χ2n) is 7.34. The summed E-state index contributed by atoms with van der Waals surface area (Å²) < 4.78 is 27.0. The largest absolute Gasteiger partial charge is 0.345 e. The molecule has 0 aromatic heterocycles. The fourth-order valence-corrected chi connectivity index (χ4v) is 4.15. The molecule has 0 atom stereocenters. The summed E-state index contributed by atoms with van der Waals surface area (Å²) in [6.07, 6.45) is 0. The molecule has 0 spiro atoms. The van der Waals surface area contributed by atoms with E-state index >= 15 is 0 Å². The average molecular weight is 432 g/mol. The van der Waals surface area contributed by atoms with Crippen LogP contribution in [0.5, 0.6) is 0 Å². The minimum atomic E-state index is -3.68. The number of amides is 2. The SMILES string of the molecule is CCN(Cc1ccc(C(=O)N(C)C)cc1)C(=O)c1cc(C)c(C)c(S(=O)(=O)NC)c1. The zero-order valence-electron chi connectivity index (χ0n) is 18.3. The van der Waals surface area contributed by atoms with E-state index in [4.69, 9.17) is 0 Å². The first-order chi connectivity index (χ1) is 14.0. The maximum Gasteiger partial charge on any atom is 0.254 e. The van der Waals surface area contributed by atoms with E-state index in [2.05, 4.69) is 4.72 Å². The highest BCUT2D eigenvalue weighted by Gasteiger charge is 2.22. The van der Waals surface area contributed by atoms with Gasteiger partial charge >= 0.3 is 0 Å². The molecule has 1 N–H and O–H groups in total. The van der Waals surface area contributed by atoms with Gasteiger partial charge in [-0.3, -0.25) is 9.59 Å². The molecule has 8 heteroatoms. The van der Waals surface area contributed by atoms with Gasteiger partial charge in [0.25, 0.3) is 11.8 Å². The summed E-state index contributed by atoms with van der Waals surface area (Å²) in [5.41, 5.74) is 3.14. The Bertz CT molecular complexity index is 1040. The van der Waals surface area contributed by atoms with Crippen LogP contribution < -0.4 is 4.72 Å². The number of aryl methyl sites for hydroxylation is 1. The molecule has 0 unspecified atom stereocenters. The molecule has 30 heavy (non-hydrogen) atoms.